The van der Waals surface area contributed by atoms with Gasteiger partial charge in [-0.1, -0.05) is 19.1 Å². The third-order valence-corrected chi connectivity index (χ3v) is 9.89. The highest BCUT2D eigenvalue weighted by Crippen LogP contribution is 2.51. The van der Waals surface area contributed by atoms with Gasteiger partial charge in [0.25, 0.3) is 0 Å². The molecule has 4 aliphatic rings. The number of carboxylic acids is 1. The Labute approximate surface area is 226 Å². The number of carboxylic acid groups (broad SMARTS) is 1. The average Bonchev–Trinajstić information content (AvgIpc) is 3.51. The van der Waals surface area contributed by atoms with Crippen LogP contribution in [0.4, 0.5) is 17.6 Å². The first-order valence-corrected chi connectivity index (χ1v) is 14.2. The van der Waals surface area contributed by atoms with Gasteiger partial charge in [0.2, 0.25) is 0 Å². The Bertz CT molecular complexity index is 1260. The number of likely N-dealkylation sites (tertiary alicyclic amines) is 1. The number of hydrogen-bond donors (Lipinski definition) is 1. The summed E-state index contributed by atoms with van der Waals surface area (Å²) in [6, 6.07) is 8.61. The van der Waals surface area contributed by atoms with Crippen LogP contribution in [0.3, 0.4) is 0 Å². The minimum atomic E-state index is -4.53. The number of hydrogen-bond acceptors (Lipinski definition) is 3. The fourth-order valence-electron chi connectivity index (χ4n) is 7.77. The normalized spacial score (nSPS) is 29.0. The number of benzene rings is 2. The molecule has 7 atom stereocenters. The van der Waals surface area contributed by atoms with E-state index in [0.29, 0.717) is 24.3 Å². The van der Waals surface area contributed by atoms with E-state index >= 15 is 0 Å². The summed E-state index contributed by atoms with van der Waals surface area (Å²) < 4.78 is 61.6. The molecule has 2 saturated carbocycles. The molecule has 6 rings (SSSR count). The van der Waals surface area contributed by atoms with Gasteiger partial charge in [-0.3, -0.25) is 9.69 Å². The van der Waals surface area contributed by atoms with Crippen molar-refractivity contribution in [1.29, 1.82) is 0 Å². The van der Waals surface area contributed by atoms with Crippen LogP contribution in [0, 0.1) is 29.5 Å². The Morgan fingerprint density at radius 3 is 2.49 bits per heavy atom. The summed E-state index contributed by atoms with van der Waals surface area (Å²) in [7, 11) is 0. The second-order valence-electron chi connectivity index (χ2n) is 12.2. The lowest BCUT2D eigenvalue weighted by atomic mass is 9.81. The number of rotatable bonds is 7. The highest BCUT2D eigenvalue weighted by molar-refractivity contribution is 5.71. The summed E-state index contributed by atoms with van der Waals surface area (Å²) >= 11 is 0. The second kappa shape index (κ2) is 9.79. The van der Waals surface area contributed by atoms with Crippen molar-refractivity contribution in [3.8, 4) is 5.75 Å². The van der Waals surface area contributed by atoms with Gasteiger partial charge in [0.05, 0.1) is 11.5 Å². The number of ether oxygens (including phenoxy) is 1. The van der Waals surface area contributed by atoms with Gasteiger partial charge >= 0.3 is 12.1 Å². The van der Waals surface area contributed by atoms with E-state index < -0.39 is 35.5 Å². The van der Waals surface area contributed by atoms with E-state index in [2.05, 4.69) is 23.1 Å². The molecule has 39 heavy (non-hydrogen) atoms. The van der Waals surface area contributed by atoms with Crippen molar-refractivity contribution in [2.24, 2.45) is 23.7 Å². The molecule has 2 bridgehead atoms. The predicted octanol–water partition coefficient (Wildman–Crippen LogP) is 7.22. The first-order valence-electron chi connectivity index (χ1n) is 14.2. The minimum Gasteiger partial charge on any atom is -0.490 e. The molecule has 2 aromatic carbocycles. The number of piperidine rings is 1. The summed E-state index contributed by atoms with van der Waals surface area (Å²) in [5.74, 6) is 0.0104. The third-order valence-electron chi connectivity index (χ3n) is 9.89. The summed E-state index contributed by atoms with van der Waals surface area (Å²) in [6.45, 7) is 4.22. The zero-order chi connectivity index (χ0) is 27.6. The Hall–Kier alpha value is -2.61. The van der Waals surface area contributed by atoms with E-state index in [1.54, 1.807) is 13.8 Å². The third kappa shape index (κ3) is 4.94. The van der Waals surface area contributed by atoms with Crippen molar-refractivity contribution in [1.82, 2.24) is 4.90 Å². The van der Waals surface area contributed by atoms with Gasteiger partial charge in [-0.2, -0.15) is 13.2 Å². The number of aryl methyl sites for hydroxylation is 1. The molecule has 0 radical (unpaired) electrons. The number of halogens is 4. The van der Waals surface area contributed by atoms with Crippen LogP contribution in [0.15, 0.2) is 36.4 Å². The molecule has 8 heteroatoms. The number of alkyl halides is 3. The molecule has 2 aromatic rings. The van der Waals surface area contributed by atoms with Crippen molar-refractivity contribution < 1.29 is 32.2 Å². The molecule has 3 fully saturated rings. The van der Waals surface area contributed by atoms with Crippen molar-refractivity contribution in [3.05, 3.63) is 64.5 Å². The van der Waals surface area contributed by atoms with Crippen LogP contribution in [0.2, 0.25) is 0 Å². The SMILES string of the molecule is C[C@H](C(=O)O)[C@H](c1ccc2c(c1)OC(C1C[C@@H]3C[C@@H]1CN3[C@@H](C)c1cc(F)ccc1C(F)(F)F)CC2)C1CC1. The fraction of sp³-hybridized carbons (Fsp3) is 0.581. The maximum absolute atomic E-state index is 14.0. The first kappa shape index (κ1) is 26.6. The van der Waals surface area contributed by atoms with Crippen LogP contribution in [-0.2, 0) is 17.4 Å². The van der Waals surface area contributed by atoms with Crippen LogP contribution in [0.1, 0.15) is 80.2 Å². The minimum absolute atomic E-state index is 0.00257. The van der Waals surface area contributed by atoms with Gasteiger partial charge in [0.15, 0.2) is 0 Å². The number of fused-ring (bicyclic) bond motifs is 3. The van der Waals surface area contributed by atoms with Crippen LogP contribution in [-0.4, -0.2) is 34.7 Å². The highest BCUT2D eigenvalue weighted by Gasteiger charge is 2.50. The van der Waals surface area contributed by atoms with E-state index in [1.165, 1.54) is 0 Å². The van der Waals surface area contributed by atoms with E-state index in [1.807, 2.05) is 0 Å². The standard InChI is InChI=1S/C31H35F4NO3/c1-16(30(37)38)29(19-4-5-19)20-6-3-18-7-10-27(39-28(18)12-20)25-14-23-11-21(25)15-36(23)17(2)24-13-22(32)8-9-26(24)31(33,34)35/h3,6,8-9,12-13,16-17,19,21,23,25,27,29H,4-5,7,10-11,14-15H2,1-2H3,(H,37,38)/t16-,17-,21+,23-,25?,27?,29-/m0/s1. The highest BCUT2D eigenvalue weighted by atomic mass is 19.4. The van der Waals surface area contributed by atoms with E-state index in [0.717, 1.165) is 73.6 Å². The Kier molecular flexibility index (Phi) is 6.68. The molecule has 1 N–H and O–H groups in total. The van der Waals surface area contributed by atoms with Crippen LogP contribution >= 0.6 is 0 Å². The molecule has 2 aliphatic heterocycles. The van der Waals surface area contributed by atoms with E-state index in [9.17, 15) is 27.5 Å². The lowest BCUT2D eigenvalue weighted by Crippen LogP contribution is -2.43. The zero-order valence-electron chi connectivity index (χ0n) is 22.3. The van der Waals surface area contributed by atoms with Crippen LogP contribution < -0.4 is 4.74 Å². The largest absolute Gasteiger partial charge is 0.490 e. The van der Waals surface area contributed by atoms with Gasteiger partial charge < -0.3 is 9.84 Å². The molecule has 210 valence electrons. The number of carbonyl (C=O) groups is 1. The van der Waals surface area contributed by atoms with Crippen molar-refractivity contribution >= 4 is 5.97 Å². The maximum Gasteiger partial charge on any atom is 0.416 e. The molecule has 2 unspecified atom stereocenters. The van der Waals surface area contributed by atoms with Gasteiger partial charge in [0, 0.05) is 24.5 Å². The lowest BCUT2D eigenvalue weighted by Gasteiger charge is -2.40. The molecule has 1 saturated heterocycles. The summed E-state index contributed by atoms with van der Waals surface area (Å²) in [5, 5.41) is 9.67. The molecule has 0 amide bonds. The summed E-state index contributed by atoms with van der Waals surface area (Å²) in [5.41, 5.74) is 1.43. The van der Waals surface area contributed by atoms with Crippen molar-refractivity contribution in [3.63, 3.8) is 0 Å². The predicted molar refractivity (Wildman–Crippen MR) is 138 cm³/mol. The molecule has 2 heterocycles. The number of nitrogens with zero attached hydrogens (tertiary/aromatic N) is 1. The van der Waals surface area contributed by atoms with Crippen LogP contribution in [0.5, 0.6) is 5.75 Å². The van der Waals surface area contributed by atoms with Crippen molar-refractivity contribution in [2.45, 2.75) is 82.7 Å². The molecular formula is C31H35F4NO3. The van der Waals surface area contributed by atoms with Gasteiger partial charge in [-0.05, 0) is 104 Å². The summed E-state index contributed by atoms with van der Waals surface area (Å²) in [6.07, 6.45) is 1.19. The Morgan fingerprint density at radius 2 is 1.85 bits per heavy atom. The molecule has 4 nitrogen and oxygen atoms in total. The average molecular weight is 546 g/mol. The Morgan fingerprint density at radius 1 is 1.08 bits per heavy atom. The maximum atomic E-state index is 14.0. The topological polar surface area (TPSA) is 49.8 Å². The fourth-order valence-corrected chi connectivity index (χ4v) is 7.77. The second-order valence-corrected chi connectivity index (χ2v) is 12.2. The first-order chi connectivity index (χ1) is 18.5. The smallest absolute Gasteiger partial charge is 0.416 e. The Balaban J connectivity index is 1.16. The molecular weight excluding hydrogens is 510 g/mol. The zero-order valence-corrected chi connectivity index (χ0v) is 22.3. The molecule has 0 aromatic heterocycles. The van der Waals surface area contributed by atoms with Crippen molar-refractivity contribution in [2.75, 3.05) is 6.54 Å². The quantitative estimate of drug-likeness (QED) is 0.373. The van der Waals surface area contributed by atoms with E-state index in [4.69, 9.17) is 4.74 Å². The lowest BCUT2D eigenvalue weighted by molar-refractivity contribution is -0.142. The summed E-state index contributed by atoms with van der Waals surface area (Å²) in [4.78, 5) is 13.9. The number of aliphatic carboxylic acids is 1. The molecule has 0 spiro atoms. The van der Waals surface area contributed by atoms with Gasteiger partial charge in [0.1, 0.15) is 17.7 Å². The monoisotopic (exact) mass is 545 g/mol. The van der Waals surface area contributed by atoms with Crippen LogP contribution in [0.25, 0.3) is 0 Å². The van der Waals surface area contributed by atoms with Gasteiger partial charge in [-0.25, -0.2) is 4.39 Å². The van der Waals surface area contributed by atoms with Gasteiger partial charge in [-0.15, -0.1) is 0 Å². The van der Waals surface area contributed by atoms with E-state index in [-0.39, 0.29) is 23.6 Å². The molecule has 2 aliphatic carbocycles.